The number of amides is 1. The second kappa shape index (κ2) is 10.6. The van der Waals surface area contributed by atoms with Crippen LogP contribution in [-0.2, 0) is 29.2 Å². The van der Waals surface area contributed by atoms with Gasteiger partial charge in [0.05, 0.1) is 20.3 Å². The van der Waals surface area contributed by atoms with Crippen LogP contribution in [0.5, 0.6) is 0 Å². The minimum Gasteiger partial charge on any atom is -0.370 e. The number of hydrogen-bond donors (Lipinski definition) is 3. The number of carbonyl (C=O) groups is 1. The molecule has 1 amide bonds. The zero-order valence-corrected chi connectivity index (χ0v) is 17.2. The van der Waals surface area contributed by atoms with E-state index < -0.39 is 0 Å². The number of quaternary nitrogens is 2. The van der Waals surface area contributed by atoms with Gasteiger partial charge in [-0.1, -0.05) is 54.1 Å². The van der Waals surface area contributed by atoms with Crippen LogP contribution >= 0.6 is 11.6 Å². The first kappa shape index (κ1) is 20.8. The van der Waals surface area contributed by atoms with Crippen LogP contribution in [0.2, 0.25) is 5.02 Å². The quantitative estimate of drug-likeness (QED) is 0.585. The van der Waals surface area contributed by atoms with E-state index >= 15 is 0 Å². The normalized spacial score (nSPS) is 15.9. The lowest BCUT2D eigenvalue weighted by molar-refractivity contribution is -0.921. The van der Waals surface area contributed by atoms with Crippen molar-refractivity contribution >= 4 is 17.5 Å². The number of nitrogens with one attached hydrogen (secondary N) is 3. The summed E-state index contributed by atoms with van der Waals surface area (Å²) in [6.45, 7) is 6.59. The molecule has 0 saturated carbocycles. The minimum atomic E-state index is 0.0476. The van der Waals surface area contributed by atoms with Gasteiger partial charge >= 0.3 is 0 Å². The van der Waals surface area contributed by atoms with Crippen LogP contribution < -0.4 is 15.1 Å². The van der Waals surface area contributed by atoms with Gasteiger partial charge in [0.2, 0.25) is 0 Å². The van der Waals surface area contributed by atoms with Crippen molar-refractivity contribution in [3.05, 3.63) is 70.2 Å². The summed E-state index contributed by atoms with van der Waals surface area (Å²) in [6, 6.07) is 16.3. The first-order chi connectivity index (χ1) is 13.6. The highest BCUT2D eigenvalue weighted by Crippen LogP contribution is 2.13. The monoisotopic (exact) mass is 403 g/mol. The molecule has 2 aromatic carbocycles. The number of rotatable bonds is 8. The number of ether oxygens (including phenoxy) is 1. The maximum Gasteiger partial charge on any atom is 0.275 e. The maximum absolute atomic E-state index is 12.3. The second-order valence-corrected chi connectivity index (χ2v) is 7.94. The van der Waals surface area contributed by atoms with E-state index in [1.54, 1.807) is 4.90 Å². The van der Waals surface area contributed by atoms with Crippen LogP contribution in [0.4, 0.5) is 0 Å². The van der Waals surface area contributed by atoms with E-state index in [1.165, 1.54) is 5.56 Å². The van der Waals surface area contributed by atoms with Gasteiger partial charge in [0, 0.05) is 22.7 Å². The molecule has 3 rings (SSSR count). The van der Waals surface area contributed by atoms with Crippen LogP contribution in [0.25, 0.3) is 0 Å². The molecule has 1 unspecified atom stereocenters. The van der Waals surface area contributed by atoms with Crippen LogP contribution in [0.3, 0.4) is 0 Å². The van der Waals surface area contributed by atoms with Gasteiger partial charge in [0.15, 0.2) is 6.54 Å². The molecule has 0 aromatic heterocycles. The van der Waals surface area contributed by atoms with Crippen molar-refractivity contribution in [1.29, 1.82) is 0 Å². The molecule has 6 heteroatoms. The number of likely N-dealkylation sites (N-methyl/N-ethyl adjacent to an activating group) is 1. The van der Waals surface area contributed by atoms with E-state index in [-0.39, 0.29) is 5.91 Å². The Balaban J connectivity index is 1.40. The third kappa shape index (κ3) is 6.60. The Kier molecular flexibility index (Phi) is 7.86. The molecule has 28 heavy (non-hydrogen) atoms. The third-order valence-corrected chi connectivity index (χ3v) is 5.45. The van der Waals surface area contributed by atoms with E-state index in [9.17, 15) is 4.79 Å². The van der Waals surface area contributed by atoms with Gasteiger partial charge in [-0.15, -0.1) is 0 Å². The molecule has 0 spiro atoms. The fourth-order valence-corrected chi connectivity index (χ4v) is 3.67. The molecule has 3 N–H and O–H groups in total. The second-order valence-electron chi connectivity index (χ2n) is 7.53. The number of benzene rings is 2. The molecule has 150 valence electrons. The number of morpholine rings is 1. The standard InChI is InChI=1S/C22H28ClN3O2/c1-25(16-20-4-2-3-5-21(20)23)17-22(27)24-14-18-6-8-19(9-7-18)15-26-10-12-28-13-11-26/h2-9H,10-17H2,1H3,(H,24,27)/p+2. The van der Waals surface area contributed by atoms with Crippen molar-refractivity contribution < 1.29 is 19.3 Å². The minimum absolute atomic E-state index is 0.0476. The molecule has 1 aliphatic rings. The average Bonchev–Trinajstić information content (AvgIpc) is 2.70. The van der Waals surface area contributed by atoms with Crippen LogP contribution in [-0.4, -0.2) is 45.8 Å². The Bertz CT molecular complexity index is 761. The van der Waals surface area contributed by atoms with Gasteiger partial charge in [-0.05, 0) is 11.6 Å². The molecule has 2 aromatic rings. The first-order valence-corrected chi connectivity index (χ1v) is 10.3. The molecule has 1 fully saturated rings. The summed E-state index contributed by atoms with van der Waals surface area (Å²) in [6.07, 6.45) is 0. The summed E-state index contributed by atoms with van der Waals surface area (Å²) < 4.78 is 5.41. The molecule has 1 saturated heterocycles. The molecular formula is C22H30ClN3O2+2. The summed E-state index contributed by atoms with van der Waals surface area (Å²) in [4.78, 5) is 14.9. The van der Waals surface area contributed by atoms with Crippen LogP contribution in [0.1, 0.15) is 16.7 Å². The van der Waals surface area contributed by atoms with Crippen molar-refractivity contribution in [1.82, 2.24) is 5.32 Å². The smallest absolute Gasteiger partial charge is 0.275 e. The van der Waals surface area contributed by atoms with Crippen molar-refractivity contribution in [2.45, 2.75) is 19.6 Å². The van der Waals surface area contributed by atoms with E-state index in [0.29, 0.717) is 13.1 Å². The Labute approximate surface area is 172 Å². The molecule has 1 aliphatic heterocycles. The van der Waals surface area contributed by atoms with E-state index in [0.717, 1.165) is 60.4 Å². The van der Waals surface area contributed by atoms with Crippen LogP contribution in [0.15, 0.2) is 48.5 Å². The van der Waals surface area contributed by atoms with E-state index in [2.05, 4.69) is 29.6 Å². The molecule has 0 bridgehead atoms. The lowest BCUT2D eigenvalue weighted by Crippen LogP contribution is -3.12. The Morgan fingerprint density at radius 3 is 2.50 bits per heavy atom. The zero-order chi connectivity index (χ0) is 19.8. The van der Waals surface area contributed by atoms with E-state index in [4.69, 9.17) is 16.3 Å². The fraction of sp³-hybridized carbons (Fsp3) is 0.409. The Morgan fingerprint density at radius 2 is 1.79 bits per heavy atom. The highest BCUT2D eigenvalue weighted by atomic mass is 35.5. The van der Waals surface area contributed by atoms with Crippen molar-refractivity contribution in [3.63, 3.8) is 0 Å². The Morgan fingerprint density at radius 1 is 1.11 bits per heavy atom. The number of halogens is 1. The van der Waals surface area contributed by atoms with E-state index in [1.807, 2.05) is 31.3 Å². The van der Waals surface area contributed by atoms with Gasteiger partial charge in [-0.25, -0.2) is 0 Å². The van der Waals surface area contributed by atoms with Gasteiger partial charge in [-0.2, -0.15) is 0 Å². The predicted octanol–water partition coefficient (Wildman–Crippen LogP) is 0.0862. The van der Waals surface area contributed by atoms with Gasteiger partial charge in [0.1, 0.15) is 26.2 Å². The predicted molar refractivity (Wildman–Crippen MR) is 110 cm³/mol. The zero-order valence-electron chi connectivity index (χ0n) is 16.5. The SMILES string of the molecule is C[NH+](CC(=O)NCc1ccc(C[NH+]2CCOCC2)cc1)Cc1ccccc1Cl. The van der Waals surface area contributed by atoms with Crippen LogP contribution in [0, 0.1) is 0 Å². The molecular weight excluding hydrogens is 374 g/mol. The molecule has 0 radical (unpaired) electrons. The fourth-order valence-electron chi connectivity index (χ4n) is 3.47. The molecule has 1 atom stereocenters. The van der Waals surface area contributed by atoms with Gasteiger partial charge in [0.25, 0.3) is 5.91 Å². The lowest BCUT2D eigenvalue weighted by atomic mass is 10.1. The lowest BCUT2D eigenvalue weighted by Gasteiger charge is -2.23. The number of carbonyl (C=O) groups excluding carboxylic acids is 1. The molecule has 5 nitrogen and oxygen atoms in total. The van der Waals surface area contributed by atoms with Gasteiger partial charge < -0.3 is 19.9 Å². The molecule has 0 aliphatic carbocycles. The summed E-state index contributed by atoms with van der Waals surface area (Å²) >= 11 is 6.20. The maximum atomic E-state index is 12.3. The molecule has 1 heterocycles. The highest BCUT2D eigenvalue weighted by molar-refractivity contribution is 6.31. The first-order valence-electron chi connectivity index (χ1n) is 9.90. The summed E-state index contributed by atoms with van der Waals surface area (Å²) in [5.74, 6) is 0.0476. The van der Waals surface area contributed by atoms with Gasteiger partial charge in [-0.3, -0.25) is 4.79 Å². The topological polar surface area (TPSA) is 47.2 Å². The summed E-state index contributed by atoms with van der Waals surface area (Å²) in [5, 5.41) is 3.77. The third-order valence-electron chi connectivity index (χ3n) is 5.08. The largest absolute Gasteiger partial charge is 0.370 e. The van der Waals surface area contributed by atoms with Crippen molar-refractivity contribution in [2.24, 2.45) is 0 Å². The summed E-state index contributed by atoms with van der Waals surface area (Å²) in [5.41, 5.74) is 3.51. The summed E-state index contributed by atoms with van der Waals surface area (Å²) in [7, 11) is 2.01. The highest BCUT2D eigenvalue weighted by Gasteiger charge is 2.14. The van der Waals surface area contributed by atoms with Crippen molar-refractivity contribution in [3.8, 4) is 0 Å². The Hall–Kier alpha value is -1.92. The average molecular weight is 404 g/mol. The van der Waals surface area contributed by atoms with Crippen molar-refractivity contribution in [2.75, 3.05) is 39.9 Å². The number of hydrogen-bond acceptors (Lipinski definition) is 2.